The number of anilines is 16. The van der Waals surface area contributed by atoms with Crippen LogP contribution in [-0.4, -0.2) is 143 Å². The minimum absolute atomic E-state index is 0.0132. The molecule has 0 aliphatic heterocycles. The summed E-state index contributed by atoms with van der Waals surface area (Å²) in [6.45, 7) is 18.2. The monoisotopic (exact) mass is 1810 g/mol. The average Bonchev–Trinajstić information content (AvgIpc) is 0.826. The summed E-state index contributed by atoms with van der Waals surface area (Å²) in [5.74, 6) is -5.12. The van der Waals surface area contributed by atoms with Crippen LogP contribution in [0.3, 0.4) is 0 Å². The van der Waals surface area contributed by atoms with E-state index in [1.807, 2.05) is 13.8 Å². The summed E-state index contributed by atoms with van der Waals surface area (Å²) in [7, 11) is 6.09. The number of methoxy groups -OCH3 is 4. The number of nitrogens with zero attached hydrogens (tertiary/aromatic N) is 10. The fraction of sp³-hybridized carbons (Fsp3) is 0.191. The van der Waals surface area contributed by atoms with Crippen LogP contribution in [-0.2, 0) is 30.2 Å². The normalized spacial score (nSPS) is 10.9. The number of rotatable bonds is 41. The number of ether oxygens (including phenoxy) is 8. The molecule has 10 N–H and O–H groups in total. The van der Waals surface area contributed by atoms with Crippen LogP contribution >= 0.6 is 0 Å². The van der Waals surface area contributed by atoms with Crippen molar-refractivity contribution in [3.8, 4) is 35.1 Å². The van der Waals surface area contributed by atoms with E-state index in [-0.39, 0.29) is 126 Å². The third kappa shape index (κ3) is 31.3. The van der Waals surface area contributed by atoms with Gasteiger partial charge in [-0.2, -0.15) is 30.5 Å². The van der Waals surface area contributed by atoms with Gasteiger partial charge < -0.3 is 90.6 Å². The number of aliphatic hydroxyl groups is 2. The lowest BCUT2D eigenvalue weighted by Gasteiger charge is -2.13. The molecule has 38 heteroatoms. The number of hydrogen-bond acceptors (Lipinski definition) is 30. The van der Waals surface area contributed by atoms with E-state index < -0.39 is 58.7 Å². The molecule has 0 spiro atoms. The molecule has 12 aromatic rings. The summed E-state index contributed by atoms with van der Waals surface area (Å²) < 4.78 is 155. The number of ketones is 2. The fourth-order valence-electron chi connectivity index (χ4n) is 11.1. The molecule has 12 rings (SSSR count). The molecule has 0 fully saturated rings. The van der Waals surface area contributed by atoms with E-state index in [4.69, 9.17) is 48.4 Å². The van der Waals surface area contributed by atoms with E-state index >= 15 is 0 Å². The Labute approximate surface area is 753 Å². The number of benzene rings is 8. The second-order valence-electron chi connectivity index (χ2n) is 28.1. The van der Waals surface area contributed by atoms with Gasteiger partial charge in [0.15, 0.2) is 104 Å². The first-order valence-corrected chi connectivity index (χ1v) is 39.8. The molecule has 4 heterocycles. The largest absolute Gasteiger partial charge is 0.488 e. The van der Waals surface area contributed by atoms with E-state index in [9.17, 15) is 54.9 Å². The molecule has 0 amide bonds. The number of carbonyl (C=O) groups excluding carboxylic acids is 2. The molecule has 30 nitrogen and oxygen atoms in total. The van der Waals surface area contributed by atoms with E-state index in [2.05, 4.69) is 102 Å². The first-order valence-electron chi connectivity index (χ1n) is 39.8. The lowest BCUT2D eigenvalue weighted by Crippen LogP contribution is -2.06. The molecule has 132 heavy (non-hydrogen) atoms. The Balaban J connectivity index is 0.000000198. The van der Waals surface area contributed by atoms with Crippen molar-refractivity contribution < 1.29 is 92.8 Å². The van der Waals surface area contributed by atoms with Crippen molar-refractivity contribution in [3.63, 3.8) is 0 Å². The van der Waals surface area contributed by atoms with Gasteiger partial charge in [0.05, 0.1) is 74.5 Å². The maximum atomic E-state index is 14.3. The van der Waals surface area contributed by atoms with Crippen molar-refractivity contribution in [2.75, 3.05) is 124 Å². The Morgan fingerprint density at radius 3 is 1.00 bits per heavy atom. The molecule has 684 valence electrons. The SMILES string of the molecule is C=C(C#N)C(O)c1ccc(Nc2nc(Nc3ccc(OCCOC)c(F)c3)ncc2F)cc1.C=C(C#N)C(O)c1cccc(Nc2nc(Nc3ccc(OCCOC)c(F)c3)ncc2F)c1.C=C(C)C(=O)Cc1cccc(Nc2nc(Nc3ccc(OCCOC)c(F)c3)ncc2F)c1.COCCOc1ccc(Nc2ncc(F)c(Nc3ccc(C(=O)C=C(C)C)cc3)n2)cc1F. The maximum Gasteiger partial charge on any atom is 0.229 e. The number of nitrogens with one attached hydrogen (secondary N) is 8. The zero-order valence-corrected chi connectivity index (χ0v) is 72.2. The second kappa shape index (κ2) is 50.6. The van der Waals surface area contributed by atoms with Gasteiger partial charge in [0.2, 0.25) is 23.8 Å². The topological polar surface area (TPSA) is 395 Å². The van der Waals surface area contributed by atoms with Gasteiger partial charge in [0.1, 0.15) is 38.6 Å². The molecule has 0 aliphatic rings. The molecule has 8 aromatic carbocycles. The zero-order valence-electron chi connectivity index (χ0n) is 72.2. The lowest BCUT2D eigenvalue weighted by atomic mass is 10.0. The molecule has 0 aliphatic carbocycles. The third-order valence-corrected chi connectivity index (χ3v) is 17.7. The first kappa shape index (κ1) is 99.9. The molecular weight excluding hydrogens is 1730 g/mol. The van der Waals surface area contributed by atoms with Crippen LogP contribution in [0, 0.1) is 69.2 Å². The second-order valence-corrected chi connectivity index (χ2v) is 28.1. The van der Waals surface area contributed by atoms with Crippen molar-refractivity contribution in [2.45, 2.75) is 39.4 Å². The molecule has 0 bridgehead atoms. The Bertz CT molecular complexity index is 6110. The van der Waals surface area contributed by atoms with E-state index in [1.54, 1.807) is 146 Å². The molecule has 0 saturated heterocycles. The first-order chi connectivity index (χ1) is 63.5. The number of carbonyl (C=O) groups is 2. The quantitative estimate of drug-likeness (QED) is 0.00559. The zero-order chi connectivity index (χ0) is 95.2. The Kier molecular flexibility index (Phi) is 38.3. The van der Waals surface area contributed by atoms with Gasteiger partial charge in [0, 0.05) is 110 Å². The molecule has 0 radical (unpaired) electrons. The number of halogens is 8. The highest BCUT2D eigenvalue weighted by atomic mass is 19.2. The number of Topliss-reactive ketones (excluding diaryl/α,β-unsaturated/α-hetero) is 1. The highest BCUT2D eigenvalue weighted by Gasteiger charge is 2.20. The van der Waals surface area contributed by atoms with Gasteiger partial charge in [0.25, 0.3) is 0 Å². The van der Waals surface area contributed by atoms with Crippen LogP contribution in [0.4, 0.5) is 128 Å². The number of nitriles is 2. The Hall–Kier alpha value is -15.8. The Morgan fingerprint density at radius 1 is 0.379 bits per heavy atom. The molecule has 4 aromatic heterocycles. The molecule has 0 saturated carbocycles. The highest BCUT2D eigenvalue weighted by Crippen LogP contribution is 2.33. The van der Waals surface area contributed by atoms with Crippen LogP contribution in [0.2, 0.25) is 0 Å². The van der Waals surface area contributed by atoms with Crippen molar-refractivity contribution >= 4 is 104 Å². The van der Waals surface area contributed by atoms with Crippen LogP contribution in [0.5, 0.6) is 23.0 Å². The lowest BCUT2D eigenvalue weighted by molar-refractivity contribution is -0.114. The van der Waals surface area contributed by atoms with Gasteiger partial charge >= 0.3 is 0 Å². The van der Waals surface area contributed by atoms with Gasteiger partial charge in [-0.25, -0.2) is 55.1 Å². The van der Waals surface area contributed by atoms with Gasteiger partial charge in [-0.15, -0.1) is 0 Å². The third-order valence-electron chi connectivity index (χ3n) is 17.7. The van der Waals surface area contributed by atoms with Crippen LogP contribution < -0.4 is 61.5 Å². The fourth-order valence-corrected chi connectivity index (χ4v) is 11.1. The van der Waals surface area contributed by atoms with E-state index in [0.29, 0.717) is 94.2 Å². The number of hydrogen-bond donors (Lipinski definition) is 10. The molecule has 2 unspecified atom stereocenters. The van der Waals surface area contributed by atoms with Crippen molar-refractivity contribution in [3.05, 3.63) is 312 Å². The van der Waals surface area contributed by atoms with Crippen LogP contribution in [0.15, 0.2) is 243 Å². The van der Waals surface area contributed by atoms with Gasteiger partial charge in [-0.1, -0.05) is 61.7 Å². The van der Waals surface area contributed by atoms with Crippen molar-refractivity contribution in [1.82, 2.24) is 39.9 Å². The van der Waals surface area contributed by atoms with Crippen molar-refractivity contribution in [2.24, 2.45) is 0 Å². The summed E-state index contributed by atoms with van der Waals surface area (Å²) in [6.07, 6.45) is 3.39. The molecule has 2 atom stereocenters. The standard InChI is InChI=1S/2C24H24F2N4O3.2C23H21F2N5O3/c1-15(2)12-21(31)16-4-6-17(7-5-16)28-23-20(26)14-27-24(30-23)29-18-8-9-22(19(25)13-18)33-11-10-32-3;1-15(2)21(31)12-16-5-4-6-17(11-16)28-23-20(26)14-27-24(30-23)29-18-7-8-22(19(25)13-18)33-10-9-32-3;1-14(12-26)21(31)15-3-5-16(6-4-15)28-22-19(25)13-27-23(30-22)29-17-7-8-20(18(24)11-17)33-10-9-32-2;1-14(12-26)21(31)15-4-3-5-16(10-15)28-22-19(25)13-27-23(30-22)29-17-6-7-20(18(24)11-17)33-9-8-32-2/h4-9,12-14H,10-11H2,1-3H3,(H2,27,28,29,30);4-8,11,13-14H,1,9-10,12H2,2-3H3,(H2,27,28,29,30);3-8,11,13,21,31H,1,9-10H2,2H3,(H2,27,28,29,30);3-7,10-11,13,21,31H,1,8-9H2,2H3,(H2,27,28,29,30). The minimum atomic E-state index is -1.18. The van der Waals surface area contributed by atoms with Crippen LogP contribution in [0.1, 0.15) is 60.0 Å². The smallest absolute Gasteiger partial charge is 0.229 e. The van der Waals surface area contributed by atoms with Crippen LogP contribution in [0.25, 0.3) is 0 Å². The highest BCUT2D eigenvalue weighted by molar-refractivity contribution is 6.05. The maximum absolute atomic E-state index is 14.3. The number of aliphatic hydroxyl groups excluding tert-OH is 2. The van der Waals surface area contributed by atoms with Gasteiger partial charge in [-0.3, -0.25) is 9.59 Å². The minimum Gasteiger partial charge on any atom is -0.488 e. The van der Waals surface area contributed by atoms with E-state index in [1.165, 1.54) is 77.0 Å². The summed E-state index contributed by atoms with van der Waals surface area (Å²) >= 11 is 0. The van der Waals surface area contributed by atoms with Gasteiger partial charge in [-0.05, 0) is 158 Å². The predicted molar refractivity (Wildman–Crippen MR) is 482 cm³/mol. The summed E-state index contributed by atoms with van der Waals surface area (Å²) in [5, 5.41) is 60.5. The number of aromatic nitrogens is 8. The summed E-state index contributed by atoms with van der Waals surface area (Å²) in [5.41, 5.74) is 6.92. The summed E-state index contributed by atoms with van der Waals surface area (Å²) in [6, 6.07) is 47.0. The Morgan fingerprint density at radius 2 is 0.682 bits per heavy atom. The number of allylic oxidation sites excluding steroid dienone is 3. The average molecular weight is 1820 g/mol. The predicted octanol–water partition coefficient (Wildman–Crippen LogP) is 19.1. The summed E-state index contributed by atoms with van der Waals surface area (Å²) in [4.78, 5) is 56.0. The van der Waals surface area contributed by atoms with E-state index in [0.717, 1.165) is 35.9 Å². The molecular formula is C94H90F8N18O12. The van der Waals surface area contributed by atoms with Crippen molar-refractivity contribution in [1.29, 1.82) is 10.5 Å².